The summed E-state index contributed by atoms with van der Waals surface area (Å²) in [6.45, 7) is 1.41. The molecule has 3 heteroatoms. The van der Waals surface area contributed by atoms with Gasteiger partial charge in [-0.3, -0.25) is 9.69 Å². The van der Waals surface area contributed by atoms with Crippen molar-refractivity contribution in [2.75, 3.05) is 13.1 Å². The fraction of sp³-hybridized carbons (Fsp3) is 0.500. The van der Waals surface area contributed by atoms with Crippen LogP contribution in [-0.2, 0) is 4.79 Å². The molecular formula is C10H13NO2. The van der Waals surface area contributed by atoms with Crippen LogP contribution < -0.4 is 0 Å². The first-order valence-corrected chi connectivity index (χ1v) is 4.57. The van der Waals surface area contributed by atoms with Crippen LogP contribution in [0.3, 0.4) is 0 Å². The van der Waals surface area contributed by atoms with Crippen molar-refractivity contribution in [3.63, 3.8) is 0 Å². The minimum Gasteiger partial charge on any atom is -0.481 e. The van der Waals surface area contributed by atoms with E-state index in [1.165, 1.54) is 0 Å². The van der Waals surface area contributed by atoms with Gasteiger partial charge < -0.3 is 5.11 Å². The van der Waals surface area contributed by atoms with Gasteiger partial charge in [-0.05, 0) is 6.42 Å². The number of carbonyl (C=O) groups is 1. The van der Waals surface area contributed by atoms with Crippen LogP contribution in [0.4, 0.5) is 0 Å². The van der Waals surface area contributed by atoms with Crippen molar-refractivity contribution < 1.29 is 9.90 Å². The highest BCUT2D eigenvalue weighted by molar-refractivity contribution is 5.71. The fourth-order valence-electron chi connectivity index (χ4n) is 1.78. The van der Waals surface area contributed by atoms with Crippen molar-refractivity contribution >= 4 is 5.97 Å². The summed E-state index contributed by atoms with van der Waals surface area (Å²) in [4.78, 5) is 12.8. The summed E-state index contributed by atoms with van der Waals surface area (Å²) in [6.07, 6.45) is 9.34. The summed E-state index contributed by atoms with van der Waals surface area (Å²) >= 11 is 0. The predicted molar refractivity (Wildman–Crippen MR) is 49.4 cm³/mol. The lowest BCUT2D eigenvalue weighted by molar-refractivity contribution is -0.148. The van der Waals surface area contributed by atoms with Gasteiger partial charge >= 0.3 is 5.97 Å². The fourth-order valence-corrected chi connectivity index (χ4v) is 1.78. The van der Waals surface area contributed by atoms with Crippen LogP contribution in [-0.4, -0.2) is 35.1 Å². The zero-order valence-corrected chi connectivity index (χ0v) is 7.39. The van der Waals surface area contributed by atoms with Crippen molar-refractivity contribution in [1.82, 2.24) is 4.90 Å². The normalized spacial score (nSPS) is 28.8. The molecule has 2 aliphatic rings. The maximum atomic E-state index is 10.6. The van der Waals surface area contributed by atoms with Gasteiger partial charge in [-0.15, -0.1) is 0 Å². The largest absolute Gasteiger partial charge is 0.481 e. The molecule has 2 rings (SSSR count). The molecule has 1 heterocycles. The van der Waals surface area contributed by atoms with Gasteiger partial charge in [0.1, 0.15) is 0 Å². The Morgan fingerprint density at radius 1 is 1.38 bits per heavy atom. The molecule has 1 N–H and O–H groups in total. The van der Waals surface area contributed by atoms with E-state index in [1.807, 2.05) is 12.2 Å². The molecule has 0 radical (unpaired) electrons. The van der Waals surface area contributed by atoms with Crippen LogP contribution in [0.5, 0.6) is 0 Å². The van der Waals surface area contributed by atoms with Crippen molar-refractivity contribution in [3.05, 3.63) is 24.3 Å². The molecule has 0 unspecified atom stereocenters. The maximum Gasteiger partial charge on any atom is 0.309 e. The minimum atomic E-state index is -0.661. The molecule has 70 valence electrons. The van der Waals surface area contributed by atoms with E-state index in [4.69, 9.17) is 5.11 Å². The molecule has 0 spiro atoms. The summed E-state index contributed by atoms with van der Waals surface area (Å²) in [7, 11) is 0. The van der Waals surface area contributed by atoms with Crippen LogP contribution in [0.2, 0.25) is 0 Å². The molecule has 3 nitrogen and oxygen atoms in total. The standard InChI is InChI=1S/C10H13NO2/c12-10(13)8-6-11(7-8)9-4-2-1-3-5-9/h1-4,8-9H,5-7H2,(H,12,13)/t9-/m0/s1. The number of nitrogens with zero attached hydrogens (tertiary/aromatic N) is 1. The van der Waals surface area contributed by atoms with E-state index in [0.717, 1.165) is 6.42 Å². The molecule has 0 bridgehead atoms. The maximum absolute atomic E-state index is 10.6. The molecule has 0 aromatic carbocycles. The van der Waals surface area contributed by atoms with Crippen LogP contribution in [0.25, 0.3) is 0 Å². The topological polar surface area (TPSA) is 40.5 Å². The van der Waals surface area contributed by atoms with Gasteiger partial charge in [0, 0.05) is 19.1 Å². The Bertz CT molecular complexity index is 264. The number of hydrogen-bond acceptors (Lipinski definition) is 2. The first-order valence-electron chi connectivity index (χ1n) is 4.57. The van der Waals surface area contributed by atoms with Crippen molar-refractivity contribution in [1.29, 1.82) is 0 Å². The molecule has 13 heavy (non-hydrogen) atoms. The Morgan fingerprint density at radius 2 is 2.15 bits per heavy atom. The average molecular weight is 179 g/mol. The average Bonchev–Trinajstić information content (AvgIpc) is 2.02. The van der Waals surface area contributed by atoms with Gasteiger partial charge in [-0.1, -0.05) is 24.3 Å². The minimum absolute atomic E-state index is 0.140. The van der Waals surface area contributed by atoms with Crippen LogP contribution in [0.1, 0.15) is 6.42 Å². The molecule has 1 aliphatic carbocycles. The van der Waals surface area contributed by atoms with Crippen molar-refractivity contribution in [2.45, 2.75) is 12.5 Å². The molecule has 0 aromatic heterocycles. The van der Waals surface area contributed by atoms with Crippen LogP contribution in [0.15, 0.2) is 24.3 Å². The van der Waals surface area contributed by atoms with Crippen LogP contribution >= 0.6 is 0 Å². The Labute approximate surface area is 77.3 Å². The Balaban J connectivity index is 1.83. The molecular weight excluding hydrogens is 166 g/mol. The molecule has 1 aliphatic heterocycles. The zero-order chi connectivity index (χ0) is 9.26. The number of carboxylic acid groups (broad SMARTS) is 1. The van der Waals surface area contributed by atoms with Crippen molar-refractivity contribution in [3.8, 4) is 0 Å². The second kappa shape index (κ2) is 3.34. The summed E-state index contributed by atoms with van der Waals surface area (Å²) in [5.41, 5.74) is 0. The van der Waals surface area contributed by atoms with Gasteiger partial charge in [0.25, 0.3) is 0 Å². The van der Waals surface area contributed by atoms with E-state index in [-0.39, 0.29) is 5.92 Å². The van der Waals surface area contributed by atoms with E-state index in [0.29, 0.717) is 19.1 Å². The number of carboxylic acids is 1. The molecule has 1 saturated heterocycles. The van der Waals surface area contributed by atoms with E-state index in [9.17, 15) is 4.79 Å². The summed E-state index contributed by atoms with van der Waals surface area (Å²) in [5, 5.41) is 8.69. The first-order chi connectivity index (χ1) is 6.27. The Hall–Kier alpha value is -1.09. The number of allylic oxidation sites excluding steroid dienone is 2. The number of aliphatic carboxylic acids is 1. The SMILES string of the molecule is O=C(O)C1CN([C@H]2C=CC=CC2)C1. The second-order valence-corrected chi connectivity index (χ2v) is 3.61. The first kappa shape index (κ1) is 8.51. The van der Waals surface area contributed by atoms with Crippen LogP contribution in [0, 0.1) is 5.92 Å². The lowest BCUT2D eigenvalue weighted by atomic mass is 9.95. The van der Waals surface area contributed by atoms with E-state index >= 15 is 0 Å². The van der Waals surface area contributed by atoms with Gasteiger partial charge in [0.05, 0.1) is 5.92 Å². The highest BCUT2D eigenvalue weighted by Crippen LogP contribution is 2.22. The number of rotatable bonds is 2. The van der Waals surface area contributed by atoms with Gasteiger partial charge in [-0.2, -0.15) is 0 Å². The third kappa shape index (κ3) is 1.65. The molecule has 0 amide bonds. The monoisotopic (exact) mass is 179 g/mol. The van der Waals surface area contributed by atoms with Gasteiger partial charge in [0.15, 0.2) is 0 Å². The van der Waals surface area contributed by atoms with E-state index in [1.54, 1.807) is 0 Å². The van der Waals surface area contributed by atoms with E-state index < -0.39 is 5.97 Å². The Morgan fingerprint density at radius 3 is 2.69 bits per heavy atom. The third-order valence-corrected chi connectivity index (χ3v) is 2.69. The lowest BCUT2D eigenvalue weighted by Crippen LogP contribution is -2.54. The van der Waals surface area contributed by atoms with Gasteiger partial charge in [0.2, 0.25) is 0 Å². The summed E-state index contributed by atoms with van der Waals surface area (Å²) < 4.78 is 0. The van der Waals surface area contributed by atoms with Crippen molar-refractivity contribution in [2.24, 2.45) is 5.92 Å². The van der Waals surface area contributed by atoms with Gasteiger partial charge in [-0.25, -0.2) is 0 Å². The predicted octanol–water partition coefficient (Wildman–Crippen LogP) is 0.887. The Kier molecular flexibility index (Phi) is 2.19. The highest BCUT2D eigenvalue weighted by atomic mass is 16.4. The summed E-state index contributed by atoms with van der Waals surface area (Å²) in [5.74, 6) is -0.800. The number of likely N-dealkylation sites (tertiary alicyclic amines) is 1. The highest BCUT2D eigenvalue weighted by Gasteiger charge is 2.35. The smallest absolute Gasteiger partial charge is 0.309 e. The molecule has 0 saturated carbocycles. The third-order valence-electron chi connectivity index (χ3n) is 2.69. The lowest BCUT2D eigenvalue weighted by Gasteiger charge is -2.41. The number of hydrogen-bond donors (Lipinski definition) is 1. The molecule has 1 atom stereocenters. The zero-order valence-electron chi connectivity index (χ0n) is 7.39. The molecule has 0 aromatic rings. The van der Waals surface area contributed by atoms with E-state index in [2.05, 4.69) is 17.1 Å². The summed E-state index contributed by atoms with van der Waals surface area (Å²) in [6, 6.07) is 0.431. The second-order valence-electron chi connectivity index (χ2n) is 3.61. The quantitative estimate of drug-likeness (QED) is 0.684. The molecule has 1 fully saturated rings.